The zero-order valence-electron chi connectivity index (χ0n) is 15.2. The van der Waals surface area contributed by atoms with Crippen molar-refractivity contribution in [3.63, 3.8) is 0 Å². The SMILES string of the molecule is C[C@@H](NC(=O)COc1ccc2ccccc2c1)c1ccc2ccccc2c1. The Bertz CT molecular complexity index is 1100. The second-order valence-electron chi connectivity index (χ2n) is 6.69. The highest BCUT2D eigenvalue weighted by Gasteiger charge is 2.11. The van der Waals surface area contributed by atoms with Crippen molar-refractivity contribution in [2.75, 3.05) is 6.61 Å². The van der Waals surface area contributed by atoms with E-state index in [1.54, 1.807) is 0 Å². The normalized spacial score (nSPS) is 12.0. The van der Waals surface area contributed by atoms with Gasteiger partial charge in [0.15, 0.2) is 6.61 Å². The summed E-state index contributed by atoms with van der Waals surface area (Å²) in [6, 6.07) is 28.3. The van der Waals surface area contributed by atoms with Gasteiger partial charge in [0.25, 0.3) is 5.91 Å². The van der Waals surface area contributed by atoms with E-state index in [4.69, 9.17) is 4.74 Å². The van der Waals surface area contributed by atoms with Crippen molar-refractivity contribution >= 4 is 27.5 Å². The standard InChI is InChI=1S/C24H21NO2/c1-17(20-11-10-18-6-2-4-8-21(18)14-20)25-24(26)16-27-23-13-12-19-7-3-5-9-22(19)15-23/h2-15,17H,16H2,1H3,(H,25,26)/t17-/m1/s1. The molecule has 0 saturated heterocycles. The number of carbonyl (C=O) groups excluding carboxylic acids is 1. The molecule has 0 saturated carbocycles. The van der Waals surface area contributed by atoms with E-state index in [0.717, 1.165) is 16.3 Å². The number of hydrogen-bond acceptors (Lipinski definition) is 2. The summed E-state index contributed by atoms with van der Waals surface area (Å²) in [5.41, 5.74) is 1.08. The minimum absolute atomic E-state index is 0.00371. The van der Waals surface area contributed by atoms with Crippen LogP contribution in [-0.4, -0.2) is 12.5 Å². The second kappa shape index (κ2) is 7.50. The molecule has 3 nitrogen and oxygen atoms in total. The van der Waals surface area contributed by atoms with Crippen LogP contribution in [0.2, 0.25) is 0 Å². The number of hydrogen-bond donors (Lipinski definition) is 1. The molecule has 0 aromatic heterocycles. The van der Waals surface area contributed by atoms with E-state index >= 15 is 0 Å². The van der Waals surface area contributed by atoms with Crippen molar-refractivity contribution in [1.82, 2.24) is 5.32 Å². The first-order valence-electron chi connectivity index (χ1n) is 9.09. The van der Waals surface area contributed by atoms with Crippen LogP contribution >= 0.6 is 0 Å². The molecule has 1 amide bonds. The zero-order chi connectivity index (χ0) is 18.6. The van der Waals surface area contributed by atoms with Gasteiger partial charge in [-0.3, -0.25) is 4.79 Å². The van der Waals surface area contributed by atoms with Crippen LogP contribution in [0.1, 0.15) is 18.5 Å². The Kier molecular flexibility index (Phi) is 4.75. The van der Waals surface area contributed by atoms with Crippen LogP contribution < -0.4 is 10.1 Å². The maximum atomic E-state index is 12.3. The number of nitrogens with one attached hydrogen (secondary N) is 1. The molecular formula is C24H21NO2. The second-order valence-corrected chi connectivity index (χ2v) is 6.69. The van der Waals surface area contributed by atoms with E-state index in [-0.39, 0.29) is 18.6 Å². The molecule has 0 radical (unpaired) electrons. The number of rotatable bonds is 5. The van der Waals surface area contributed by atoms with E-state index in [1.807, 2.05) is 55.5 Å². The Labute approximate surface area is 158 Å². The molecule has 0 bridgehead atoms. The average molecular weight is 355 g/mol. The minimum atomic E-state index is -0.135. The summed E-state index contributed by atoms with van der Waals surface area (Å²) in [6.07, 6.45) is 0. The molecule has 4 rings (SSSR count). The van der Waals surface area contributed by atoms with Crippen molar-refractivity contribution in [1.29, 1.82) is 0 Å². The molecule has 0 aliphatic rings. The smallest absolute Gasteiger partial charge is 0.258 e. The fraction of sp³-hybridized carbons (Fsp3) is 0.125. The van der Waals surface area contributed by atoms with E-state index < -0.39 is 0 Å². The van der Waals surface area contributed by atoms with Crippen molar-refractivity contribution in [2.45, 2.75) is 13.0 Å². The highest BCUT2D eigenvalue weighted by molar-refractivity contribution is 5.85. The van der Waals surface area contributed by atoms with Gasteiger partial charge >= 0.3 is 0 Å². The Morgan fingerprint density at radius 1 is 0.815 bits per heavy atom. The van der Waals surface area contributed by atoms with Crippen LogP contribution in [0.3, 0.4) is 0 Å². The van der Waals surface area contributed by atoms with Crippen molar-refractivity contribution in [3.8, 4) is 5.75 Å². The van der Waals surface area contributed by atoms with Crippen molar-refractivity contribution in [3.05, 3.63) is 90.5 Å². The molecule has 1 atom stereocenters. The van der Waals surface area contributed by atoms with Gasteiger partial charge in [-0.25, -0.2) is 0 Å². The first-order valence-corrected chi connectivity index (χ1v) is 9.09. The average Bonchev–Trinajstić information content (AvgIpc) is 2.71. The fourth-order valence-electron chi connectivity index (χ4n) is 3.25. The van der Waals surface area contributed by atoms with Gasteiger partial charge < -0.3 is 10.1 Å². The quantitative estimate of drug-likeness (QED) is 0.531. The van der Waals surface area contributed by atoms with Gasteiger partial charge in [0, 0.05) is 0 Å². The molecule has 4 aromatic rings. The van der Waals surface area contributed by atoms with Gasteiger partial charge in [0.05, 0.1) is 6.04 Å². The number of fused-ring (bicyclic) bond motifs is 2. The summed E-state index contributed by atoms with van der Waals surface area (Å²) in [4.78, 5) is 12.3. The highest BCUT2D eigenvalue weighted by atomic mass is 16.5. The topological polar surface area (TPSA) is 38.3 Å². The van der Waals surface area contributed by atoms with Gasteiger partial charge in [-0.15, -0.1) is 0 Å². The summed E-state index contributed by atoms with van der Waals surface area (Å²) >= 11 is 0. The van der Waals surface area contributed by atoms with E-state index in [2.05, 4.69) is 41.7 Å². The number of carbonyl (C=O) groups is 1. The summed E-state index contributed by atoms with van der Waals surface area (Å²) in [5.74, 6) is 0.561. The summed E-state index contributed by atoms with van der Waals surface area (Å²) in [7, 11) is 0. The van der Waals surface area contributed by atoms with Gasteiger partial charge in [-0.2, -0.15) is 0 Å². The minimum Gasteiger partial charge on any atom is -0.484 e. The molecule has 0 fully saturated rings. The predicted octanol–water partition coefficient (Wildman–Crippen LogP) is 5.25. The third-order valence-corrected chi connectivity index (χ3v) is 4.74. The lowest BCUT2D eigenvalue weighted by molar-refractivity contribution is -0.123. The highest BCUT2D eigenvalue weighted by Crippen LogP contribution is 2.21. The third-order valence-electron chi connectivity index (χ3n) is 4.74. The van der Waals surface area contributed by atoms with E-state index in [9.17, 15) is 4.79 Å². The van der Waals surface area contributed by atoms with Crippen LogP contribution in [0.25, 0.3) is 21.5 Å². The third kappa shape index (κ3) is 3.93. The maximum absolute atomic E-state index is 12.3. The fourth-order valence-corrected chi connectivity index (χ4v) is 3.25. The van der Waals surface area contributed by atoms with E-state index in [0.29, 0.717) is 5.75 Å². The van der Waals surface area contributed by atoms with Crippen LogP contribution in [0.4, 0.5) is 0 Å². The van der Waals surface area contributed by atoms with Gasteiger partial charge in [-0.05, 0) is 52.2 Å². The molecule has 0 unspecified atom stereocenters. The molecule has 0 spiro atoms. The zero-order valence-corrected chi connectivity index (χ0v) is 15.2. The summed E-state index contributed by atoms with van der Waals surface area (Å²) in [6.45, 7) is 1.98. The Morgan fingerprint density at radius 3 is 2.11 bits per heavy atom. The van der Waals surface area contributed by atoms with Crippen molar-refractivity contribution in [2.24, 2.45) is 0 Å². The van der Waals surface area contributed by atoms with Gasteiger partial charge in [-0.1, -0.05) is 66.7 Å². The molecule has 0 heterocycles. The molecular weight excluding hydrogens is 334 g/mol. The lowest BCUT2D eigenvalue weighted by Gasteiger charge is -2.15. The Hall–Kier alpha value is -3.33. The monoisotopic (exact) mass is 355 g/mol. The van der Waals surface area contributed by atoms with Crippen LogP contribution in [0.15, 0.2) is 84.9 Å². The lowest BCUT2D eigenvalue weighted by Crippen LogP contribution is -2.31. The molecule has 1 N–H and O–H groups in total. The summed E-state index contributed by atoms with van der Waals surface area (Å²) in [5, 5.41) is 7.62. The molecule has 3 heteroatoms. The molecule has 27 heavy (non-hydrogen) atoms. The lowest BCUT2D eigenvalue weighted by atomic mass is 10.0. The predicted molar refractivity (Wildman–Crippen MR) is 110 cm³/mol. The van der Waals surface area contributed by atoms with Crippen LogP contribution in [0, 0.1) is 0 Å². The number of benzene rings is 4. The van der Waals surface area contributed by atoms with Gasteiger partial charge in [0.2, 0.25) is 0 Å². The Morgan fingerprint density at radius 2 is 1.41 bits per heavy atom. The van der Waals surface area contributed by atoms with Gasteiger partial charge in [0.1, 0.15) is 5.75 Å². The Balaban J connectivity index is 1.38. The first kappa shape index (κ1) is 17.1. The molecule has 4 aromatic carbocycles. The molecule has 0 aliphatic carbocycles. The molecule has 134 valence electrons. The largest absolute Gasteiger partial charge is 0.484 e. The van der Waals surface area contributed by atoms with Crippen LogP contribution in [0.5, 0.6) is 5.75 Å². The maximum Gasteiger partial charge on any atom is 0.258 e. The van der Waals surface area contributed by atoms with Crippen molar-refractivity contribution < 1.29 is 9.53 Å². The van der Waals surface area contributed by atoms with E-state index in [1.165, 1.54) is 10.8 Å². The number of amides is 1. The first-order chi connectivity index (χ1) is 13.2. The molecule has 0 aliphatic heterocycles. The summed E-state index contributed by atoms with van der Waals surface area (Å²) < 4.78 is 5.67. The number of ether oxygens (including phenoxy) is 1. The van der Waals surface area contributed by atoms with Crippen LogP contribution in [-0.2, 0) is 4.79 Å².